The number of benzene rings is 2. The van der Waals surface area contributed by atoms with Crippen molar-refractivity contribution in [2.24, 2.45) is 0 Å². The van der Waals surface area contributed by atoms with Gasteiger partial charge in [-0.25, -0.2) is 14.4 Å². The van der Waals surface area contributed by atoms with E-state index in [9.17, 15) is 4.39 Å². The molecular formula is C19H14FN3. The molecule has 112 valence electrons. The topological polar surface area (TPSA) is 30.7 Å². The maximum atomic E-state index is 13.3. The second kappa shape index (κ2) is 5.32. The van der Waals surface area contributed by atoms with Crippen LogP contribution in [0, 0.1) is 12.7 Å². The van der Waals surface area contributed by atoms with Crippen molar-refractivity contribution in [1.82, 2.24) is 14.5 Å². The minimum absolute atomic E-state index is 0.259. The molecule has 2 heterocycles. The van der Waals surface area contributed by atoms with Crippen molar-refractivity contribution >= 4 is 11.0 Å². The Bertz CT molecular complexity index is 987. The van der Waals surface area contributed by atoms with Gasteiger partial charge in [0, 0.05) is 11.8 Å². The molecule has 0 radical (unpaired) electrons. The van der Waals surface area contributed by atoms with Gasteiger partial charge in [0.15, 0.2) is 0 Å². The number of halogens is 1. The van der Waals surface area contributed by atoms with Gasteiger partial charge >= 0.3 is 0 Å². The number of hydrogen-bond acceptors (Lipinski definition) is 2. The summed E-state index contributed by atoms with van der Waals surface area (Å²) in [5.41, 5.74) is 3.78. The number of aromatic nitrogens is 3. The molecule has 3 nitrogen and oxygen atoms in total. The maximum Gasteiger partial charge on any atom is 0.146 e. The summed E-state index contributed by atoms with van der Waals surface area (Å²) in [6, 6.07) is 18.2. The van der Waals surface area contributed by atoms with Gasteiger partial charge in [-0.15, -0.1) is 0 Å². The van der Waals surface area contributed by atoms with Crippen LogP contribution in [0.3, 0.4) is 0 Å². The van der Waals surface area contributed by atoms with Crippen molar-refractivity contribution in [2.45, 2.75) is 6.92 Å². The Balaban J connectivity index is 2.06. The lowest BCUT2D eigenvalue weighted by Crippen LogP contribution is -2.02. The molecule has 0 bridgehead atoms. The van der Waals surface area contributed by atoms with Gasteiger partial charge in [-0.3, -0.25) is 4.57 Å². The van der Waals surface area contributed by atoms with E-state index in [1.54, 1.807) is 18.3 Å². The Kier molecular flexibility index (Phi) is 3.15. The largest absolute Gasteiger partial charge is 0.276 e. The quantitative estimate of drug-likeness (QED) is 0.544. The Morgan fingerprint density at radius 1 is 0.913 bits per heavy atom. The van der Waals surface area contributed by atoms with Crippen molar-refractivity contribution in [2.75, 3.05) is 0 Å². The summed E-state index contributed by atoms with van der Waals surface area (Å²) in [5.74, 6) is 1.33. The van der Waals surface area contributed by atoms with Crippen LogP contribution in [0.5, 0.6) is 0 Å². The molecule has 0 N–H and O–H groups in total. The van der Waals surface area contributed by atoms with Gasteiger partial charge in [0.25, 0.3) is 0 Å². The first-order chi connectivity index (χ1) is 11.2. The molecule has 23 heavy (non-hydrogen) atoms. The predicted molar refractivity (Wildman–Crippen MR) is 89.0 cm³/mol. The third-order valence-electron chi connectivity index (χ3n) is 3.86. The van der Waals surface area contributed by atoms with Crippen molar-refractivity contribution in [3.63, 3.8) is 0 Å². The maximum absolute atomic E-state index is 13.3. The monoisotopic (exact) mass is 303 g/mol. The fourth-order valence-corrected chi connectivity index (χ4v) is 2.74. The van der Waals surface area contributed by atoms with Crippen molar-refractivity contribution in [3.8, 4) is 17.2 Å². The van der Waals surface area contributed by atoms with Crippen LogP contribution in [0.2, 0.25) is 0 Å². The summed E-state index contributed by atoms with van der Waals surface area (Å²) in [5, 5.41) is 0. The van der Waals surface area contributed by atoms with E-state index >= 15 is 0 Å². The first-order valence-corrected chi connectivity index (χ1v) is 7.39. The van der Waals surface area contributed by atoms with Crippen LogP contribution in [0.1, 0.15) is 5.56 Å². The van der Waals surface area contributed by atoms with Gasteiger partial charge in [-0.1, -0.05) is 18.2 Å². The Morgan fingerprint density at radius 2 is 1.70 bits per heavy atom. The number of hydrogen-bond donors (Lipinski definition) is 0. The molecule has 0 saturated carbocycles. The average molecular weight is 303 g/mol. The molecule has 4 aromatic rings. The number of rotatable bonds is 2. The molecule has 0 spiro atoms. The van der Waals surface area contributed by atoms with Crippen LogP contribution >= 0.6 is 0 Å². The van der Waals surface area contributed by atoms with E-state index in [2.05, 4.69) is 4.98 Å². The minimum Gasteiger partial charge on any atom is -0.276 e. The molecule has 0 aliphatic heterocycles. The van der Waals surface area contributed by atoms with E-state index in [-0.39, 0.29) is 5.82 Å². The summed E-state index contributed by atoms with van der Waals surface area (Å²) >= 11 is 0. The number of imidazole rings is 1. The van der Waals surface area contributed by atoms with Crippen LogP contribution in [-0.4, -0.2) is 14.5 Å². The van der Waals surface area contributed by atoms with E-state index in [1.807, 2.05) is 47.9 Å². The minimum atomic E-state index is -0.259. The zero-order valence-corrected chi connectivity index (χ0v) is 12.6. The first-order valence-electron chi connectivity index (χ1n) is 7.39. The molecule has 2 aromatic heterocycles. The summed E-state index contributed by atoms with van der Waals surface area (Å²) in [6.45, 7) is 2.02. The summed E-state index contributed by atoms with van der Waals surface area (Å²) in [4.78, 5) is 9.25. The predicted octanol–water partition coefficient (Wildman–Crippen LogP) is 4.54. The average Bonchev–Trinajstić information content (AvgIpc) is 2.95. The van der Waals surface area contributed by atoms with Crippen molar-refractivity contribution in [3.05, 3.63) is 78.2 Å². The zero-order chi connectivity index (χ0) is 15.8. The van der Waals surface area contributed by atoms with E-state index in [4.69, 9.17) is 4.98 Å². The number of fused-ring (bicyclic) bond motifs is 1. The number of para-hydroxylation sites is 2. The molecule has 0 atom stereocenters. The van der Waals surface area contributed by atoms with Crippen molar-refractivity contribution in [1.29, 1.82) is 0 Å². The lowest BCUT2D eigenvalue weighted by atomic mass is 10.2. The fraction of sp³-hybridized carbons (Fsp3) is 0.0526. The van der Waals surface area contributed by atoms with E-state index in [0.29, 0.717) is 0 Å². The zero-order valence-electron chi connectivity index (χ0n) is 12.6. The van der Waals surface area contributed by atoms with E-state index in [0.717, 1.165) is 33.8 Å². The van der Waals surface area contributed by atoms with Crippen LogP contribution in [0.4, 0.5) is 4.39 Å². The summed E-state index contributed by atoms with van der Waals surface area (Å²) in [7, 11) is 0. The second-order valence-corrected chi connectivity index (χ2v) is 5.41. The third-order valence-corrected chi connectivity index (χ3v) is 3.86. The highest BCUT2D eigenvalue weighted by Gasteiger charge is 2.16. The van der Waals surface area contributed by atoms with Gasteiger partial charge in [0.05, 0.1) is 11.0 Å². The Labute approximate surface area is 133 Å². The lowest BCUT2D eigenvalue weighted by Gasteiger charge is -2.11. The van der Waals surface area contributed by atoms with Crippen LogP contribution in [0.25, 0.3) is 28.2 Å². The highest BCUT2D eigenvalue weighted by atomic mass is 19.1. The van der Waals surface area contributed by atoms with Crippen LogP contribution in [-0.2, 0) is 0 Å². The number of pyridine rings is 1. The molecule has 4 heteroatoms. The molecule has 4 rings (SSSR count). The number of aryl methyl sites for hydroxylation is 1. The van der Waals surface area contributed by atoms with E-state index in [1.165, 1.54) is 12.1 Å². The van der Waals surface area contributed by atoms with Gasteiger partial charge in [-0.05, 0) is 55.0 Å². The second-order valence-electron chi connectivity index (χ2n) is 5.41. The van der Waals surface area contributed by atoms with Crippen LogP contribution in [0.15, 0.2) is 66.9 Å². The standard InChI is InChI=1S/C19H14FN3/c1-13-5-4-12-21-18(13)23-17-7-3-2-6-16(17)22-19(23)14-8-10-15(20)11-9-14/h2-12H,1H3. The highest BCUT2D eigenvalue weighted by molar-refractivity contribution is 5.83. The lowest BCUT2D eigenvalue weighted by molar-refractivity contribution is 0.628. The molecular weight excluding hydrogens is 289 g/mol. The molecule has 0 fully saturated rings. The van der Waals surface area contributed by atoms with Crippen LogP contribution < -0.4 is 0 Å². The van der Waals surface area contributed by atoms with Gasteiger partial charge in [0.1, 0.15) is 17.5 Å². The first kappa shape index (κ1) is 13.6. The SMILES string of the molecule is Cc1cccnc1-n1c(-c2ccc(F)cc2)nc2ccccc21. The highest BCUT2D eigenvalue weighted by Crippen LogP contribution is 2.28. The molecule has 0 saturated heterocycles. The molecule has 0 amide bonds. The normalized spacial score (nSPS) is 11.0. The van der Waals surface area contributed by atoms with Gasteiger partial charge in [0.2, 0.25) is 0 Å². The molecule has 2 aromatic carbocycles. The number of nitrogens with zero attached hydrogens (tertiary/aromatic N) is 3. The Morgan fingerprint density at radius 3 is 2.48 bits per heavy atom. The van der Waals surface area contributed by atoms with E-state index < -0.39 is 0 Å². The smallest absolute Gasteiger partial charge is 0.146 e. The van der Waals surface area contributed by atoms with Crippen molar-refractivity contribution < 1.29 is 4.39 Å². The van der Waals surface area contributed by atoms with Gasteiger partial charge < -0.3 is 0 Å². The summed E-state index contributed by atoms with van der Waals surface area (Å²) < 4.78 is 15.3. The molecule has 0 unspecified atom stereocenters. The third kappa shape index (κ3) is 2.28. The Hall–Kier alpha value is -3.01. The summed E-state index contributed by atoms with van der Waals surface area (Å²) in [6.07, 6.45) is 1.77. The molecule has 0 aliphatic rings. The fourth-order valence-electron chi connectivity index (χ4n) is 2.74. The molecule has 0 aliphatic carbocycles. The van der Waals surface area contributed by atoms with Gasteiger partial charge in [-0.2, -0.15) is 0 Å².